The number of hydrogen-bond donors (Lipinski definition) is 0. The van der Waals surface area contributed by atoms with Crippen LogP contribution in [0.1, 0.15) is 36.9 Å². The SMILES string of the molecule is CCn1c(SCc2ccc(Cl)c(Cl)c2)nnc1C(C)Oc1ccccc1C. The Morgan fingerprint density at radius 2 is 1.89 bits per heavy atom. The molecule has 0 saturated heterocycles. The molecule has 1 heterocycles. The van der Waals surface area contributed by atoms with Gasteiger partial charge in [0.1, 0.15) is 5.75 Å². The van der Waals surface area contributed by atoms with Crippen LogP contribution in [-0.2, 0) is 12.3 Å². The molecule has 0 N–H and O–H groups in total. The van der Waals surface area contributed by atoms with Crippen molar-refractivity contribution in [3.05, 3.63) is 69.5 Å². The number of hydrogen-bond acceptors (Lipinski definition) is 4. The van der Waals surface area contributed by atoms with Crippen LogP contribution in [0, 0.1) is 6.92 Å². The first kappa shape index (κ1) is 20.1. The normalized spacial score (nSPS) is 12.2. The number of para-hydroxylation sites is 1. The zero-order valence-electron chi connectivity index (χ0n) is 15.4. The number of nitrogens with zero attached hydrogens (tertiary/aromatic N) is 3. The van der Waals surface area contributed by atoms with Crippen LogP contribution < -0.4 is 4.74 Å². The zero-order chi connectivity index (χ0) is 19.4. The molecule has 3 aromatic rings. The first-order valence-electron chi connectivity index (χ1n) is 8.71. The van der Waals surface area contributed by atoms with Gasteiger partial charge in [0, 0.05) is 12.3 Å². The van der Waals surface area contributed by atoms with E-state index in [1.165, 1.54) is 0 Å². The van der Waals surface area contributed by atoms with Crippen LogP contribution in [0.25, 0.3) is 0 Å². The molecule has 1 unspecified atom stereocenters. The minimum Gasteiger partial charge on any atom is -0.482 e. The van der Waals surface area contributed by atoms with Crippen molar-refractivity contribution in [3.63, 3.8) is 0 Å². The van der Waals surface area contributed by atoms with E-state index in [0.717, 1.165) is 40.2 Å². The van der Waals surface area contributed by atoms with Crippen molar-refractivity contribution in [2.24, 2.45) is 0 Å². The van der Waals surface area contributed by atoms with Crippen LogP contribution in [0.5, 0.6) is 5.75 Å². The molecular weight excluding hydrogens is 401 g/mol. The molecule has 1 atom stereocenters. The van der Waals surface area contributed by atoms with E-state index in [-0.39, 0.29) is 6.10 Å². The molecule has 0 aliphatic carbocycles. The molecule has 1 aromatic heterocycles. The summed E-state index contributed by atoms with van der Waals surface area (Å²) in [5.74, 6) is 2.42. The molecule has 0 bridgehead atoms. The molecular formula is C20H21Cl2N3OS. The Bertz CT molecular complexity index is 929. The average molecular weight is 422 g/mol. The minimum absolute atomic E-state index is 0.196. The second-order valence-electron chi connectivity index (χ2n) is 6.15. The Morgan fingerprint density at radius 1 is 1.11 bits per heavy atom. The smallest absolute Gasteiger partial charge is 0.191 e. The fourth-order valence-electron chi connectivity index (χ4n) is 2.71. The number of rotatable bonds is 7. The Balaban J connectivity index is 1.74. The maximum absolute atomic E-state index is 6.11. The standard InChI is InChI=1S/C20H21Cl2N3OS/c1-4-25-19(14(3)26-18-8-6-5-7-13(18)2)23-24-20(25)27-12-15-9-10-16(21)17(22)11-15/h5-11,14H,4,12H2,1-3H3. The van der Waals surface area contributed by atoms with Gasteiger partial charge >= 0.3 is 0 Å². The minimum atomic E-state index is -0.196. The predicted molar refractivity (Wildman–Crippen MR) is 112 cm³/mol. The molecule has 0 aliphatic heterocycles. The van der Waals surface area contributed by atoms with E-state index < -0.39 is 0 Å². The summed E-state index contributed by atoms with van der Waals surface area (Å²) in [5.41, 5.74) is 2.19. The van der Waals surface area contributed by atoms with E-state index in [1.807, 2.05) is 56.3 Å². The van der Waals surface area contributed by atoms with Crippen LogP contribution >= 0.6 is 35.0 Å². The van der Waals surface area contributed by atoms with Crippen LogP contribution in [0.4, 0.5) is 0 Å². The molecule has 0 aliphatic rings. The van der Waals surface area contributed by atoms with E-state index in [2.05, 4.69) is 21.7 Å². The van der Waals surface area contributed by atoms with Gasteiger partial charge in [-0.15, -0.1) is 10.2 Å². The van der Waals surface area contributed by atoms with Crippen molar-refractivity contribution in [3.8, 4) is 5.75 Å². The first-order chi connectivity index (χ1) is 13.0. The molecule has 27 heavy (non-hydrogen) atoms. The van der Waals surface area contributed by atoms with Crippen LogP contribution in [0.3, 0.4) is 0 Å². The van der Waals surface area contributed by atoms with E-state index >= 15 is 0 Å². The van der Waals surface area contributed by atoms with Gasteiger partial charge < -0.3 is 9.30 Å². The third kappa shape index (κ3) is 4.78. The van der Waals surface area contributed by atoms with Crippen molar-refractivity contribution in [1.29, 1.82) is 0 Å². The molecule has 3 rings (SSSR count). The Morgan fingerprint density at radius 3 is 2.59 bits per heavy atom. The van der Waals surface area contributed by atoms with Crippen molar-refractivity contribution in [2.75, 3.05) is 0 Å². The molecule has 0 amide bonds. The highest BCUT2D eigenvalue weighted by atomic mass is 35.5. The second kappa shape index (κ2) is 9.00. The van der Waals surface area contributed by atoms with E-state index in [4.69, 9.17) is 27.9 Å². The summed E-state index contributed by atoms with van der Waals surface area (Å²) >= 11 is 13.7. The summed E-state index contributed by atoms with van der Waals surface area (Å²) < 4.78 is 8.20. The van der Waals surface area contributed by atoms with E-state index in [0.29, 0.717) is 10.0 Å². The van der Waals surface area contributed by atoms with E-state index in [1.54, 1.807) is 11.8 Å². The number of thioether (sulfide) groups is 1. The summed E-state index contributed by atoms with van der Waals surface area (Å²) in [6.07, 6.45) is -0.196. The summed E-state index contributed by atoms with van der Waals surface area (Å²) in [4.78, 5) is 0. The first-order valence-corrected chi connectivity index (χ1v) is 10.5. The fourth-order valence-corrected chi connectivity index (χ4v) is 3.99. The molecule has 2 aromatic carbocycles. The van der Waals surface area contributed by atoms with Crippen molar-refractivity contribution < 1.29 is 4.74 Å². The van der Waals surface area contributed by atoms with Gasteiger partial charge in [0.15, 0.2) is 17.1 Å². The van der Waals surface area contributed by atoms with E-state index in [9.17, 15) is 0 Å². The zero-order valence-corrected chi connectivity index (χ0v) is 17.8. The van der Waals surface area contributed by atoms with Gasteiger partial charge in [-0.25, -0.2) is 0 Å². The van der Waals surface area contributed by atoms with Crippen LogP contribution in [0.2, 0.25) is 10.0 Å². The molecule has 7 heteroatoms. The second-order valence-corrected chi connectivity index (χ2v) is 7.90. The highest BCUT2D eigenvalue weighted by Gasteiger charge is 2.19. The number of halogens is 2. The topological polar surface area (TPSA) is 39.9 Å². The maximum Gasteiger partial charge on any atom is 0.191 e. The van der Waals surface area contributed by atoms with Crippen molar-refractivity contribution in [2.45, 2.75) is 44.3 Å². The van der Waals surface area contributed by atoms with Crippen molar-refractivity contribution in [1.82, 2.24) is 14.8 Å². The molecule has 0 radical (unpaired) electrons. The van der Waals surface area contributed by atoms with Crippen LogP contribution in [0.15, 0.2) is 47.6 Å². The largest absolute Gasteiger partial charge is 0.482 e. The van der Waals surface area contributed by atoms with Gasteiger partial charge in [0.05, 0.1) is 10.0 Å². The van der Waals surface area contributed by atoms with Crippen LogP contribution in [-0.4, -0.2) is 14.8 Å². The quantitative estimate of drug-likeness (QED) is 0.416. The fraction of sp³-hybridized carbons (Fsp3) is 0.300. The molecule has 142 valence electrons. The van der Waals surface area contributed by atoms with Gasteiger partial charge in [-0.05, 0) is 50.1 Å². The lowest BCUT2D eigenvalue weighted by Crippen LogP contribution is -2.12. The van der Waals surface area contributed by atoms with Gasteiger partial charge in [-0.2, -0.15) is 0 Å². The molecule has 0 spiro atoms. The third-order valence-corrected chi connectivity index (χ3v) is 5.95. The lowest BCUT2D eigenvalue weighted by atomic mass is 10.2. The van der Waals surface area contributed by atoms with Gasteiger partial charge in [0.25, 0.3) is 0 Å². The lowest BCUT2D eigenvalue weighted by molar-refractivity contribution is 0.208. The Kier molecular flexibility index (Phi) is 6.68. The number of benzene rings is 2. The van der Waals surface area contributed by atoms with Crippen molar-refractivity contribution >= 4 is 35.0 Å². The molecule has 0 fully saturated rings. The summed E-state index contributed by atoms with van der Waals surface area (Å²) in [5, 5.41) is 10.7. The average Bonchev–Trinajstić information content (AvgIpc) is 3.07. The lowest BCUT2D eigenvalue weighted by Gasteiger charge is -2.17. The highest BCUT2D eigenvalue weighted by molar-refractivity contribution is 7.98. The Labute approximate surface area is 173 Å². The summed E-state index contributed by atoms with van der Waals surface area (Å²) in [6, 6.07) is 13.6. The monoisotopic (exact) mass is 421 g/mol. The number of aromatic nitrogens is 3. The van der Waals surface area contributed by atoms with Gasteiger partial charge in [0.2, 0.25) is 0 Å². The maximum atomic E-state index is 6.11. The highest BCUT2D eigenvalue weighted by Crippen LogP contribution is 2.29. The van der Waals surface area contributed by atoms with Gasteiger partial charge in [-0.3, -0.25) is 0 Å². The molecule has 4 nitrogen and oxygen atoms in total. The Hall–Kier alpha value is -1.69. The third-order valence-electron chi connectivity index (χ3n) is 4.17. The number of aryl methyl sites for hydroxylation is 1. The van der Waals surface area contributed by atoms with Gasteiger partial charge in [-0.1, -0.05) is 59.2 Å². The predicted octanol–water partition coefficient (Wildman–Crippen LogP) is 6.35. The summed E-state index contributed by atoms with van der Waals surface area (Å²) in [7, 11) is 0. The molecule has 0 saturated carbocycles. The number of ether oxygens (including phenoxy) is 1. The summed E-state index contributed by atoms with van der Waals surface area (Å²) in [6.45, 7) is 6.88.